The van der Waals surface area contributed by atoms with E-state index in [1.54, 1.807) is 31.3 Å². The molecule has 0 spiro atoms. The highest BCUT2D eigenvalue weighted by Crippen LogP contribution is 2.28. The summed E-state index contributed by atoms with van der Waals surface area (Å²) in [4.78, 5) is 17.4. The van der Waals surface area contributed by atoms with Crippen molar-refractivity contribution in [3.8, 4) is 5.75 Å². The number of aromatic nitrogens is 3. The largest absolute Gasteiger partial charge is 0.495 e. The summed E-state index contributed by atoms with van der Waals surface area (Å²) in [6.45, 7) is 4.42. The van der Waals surface area contributed by atoms with E-state index in [2.05, 4.69) is 20.7 Å². The number of amides is 1. The van der Waals surface area contributed by atoms with Crippen molar-refractivity contribution in [2.75, 3.05) is 32.7 Å². The molecule has 9 heteroatoms. The first-order valence-electron chi connectivity index (χ1n) is 10.3. The van der Waals surface area contributed by atoms with Gasteiger partial charge in [0.2, 0.25) is 0 Å². The second-order valence-electron chi connectivity index (χ2n) is 7.02. The van der Waals surface area contributed by atoms with Gasteiger partial charge in [-0.2, -0.15) is 5.10 Å². The summed E-state index contributed by atoms with van der Waals surface area (Å²) in [5, 5.41) is 12.1. The van der Waals surface area contributed by atoms with Gasteiger partial charge in [-0.25, -0.2) is 9.67 Å². The second-order valence-corrected chi connectivity index (χ2v) is 7.43. The smallest absolute Gasteiger partial charge is 0.254 e. The second kappa shape index (κ2) is 11.0. The Hall–Kier alpha value is -2.84. The van der Waals surface area contributed by atoms with Crippen molar-refractivity contribution >= 4 is 34.2 Å². The van der Waals surface area contributed by atoms with Crippen LogP contribution in [0.5, 0.6) is 5.75 Å². The summed E-state index contributed by atoms with van der Waals surface area (Å²) in [5.41, 5.74) is 2.87. The Morgan fingerprint density at radius 3 is 2.77 bits per heavy atom. The number of nitrogens with zero attached hydrogens (tertiary/aromatic N) is 3. The number of carbonyl (C=O) groups excluding carboxylic acids is 1. The molecule has 2 N–H and O–H groups in total. The zero-order valence-electron chi connectivity index (χ0n) is 18.1. The van der Waals surface area contributed by atoms with Crippen LogP contribution in [0, 0.1) is 0 Å². The Kier molecular flexibility index (Phi) is 8.08. The maximum absolute atomic E-state index is 12.9. The van der Waals surface area contributed by atoms with Crippen LogP contribution in [0.1, 0.15) is 35.7 Å². The third kappa shape index (κ3) is 5.45. The Morgan fingerprint density at radius 1 is 1.23 bits per heavy atom. The number of hydrogen-bond donors (Lipinski definition) is 2. The van der Waals surface area contributed by atoms with Crippen molar-refractivity contribution in [2.45, 2.75) is 32.9 Å². The minimum atomic E-state index is -0.175. The van der Waals surface area contributed by atoms with Crippen LogP contribution in [-0.2, 0) is 17.8 Å². The van der Waals surface area contributed by atoms with E-state index in [0.29, 0.717) is 48.3 Å². The van der Waals surface area contributed by atoms with E-state index < -0.39 is 0 Å². The van der Waals surface area contributed by atoms with Gasteiger partial charge >= 0.3 is 0 Å². The van der Waals surface area contributed by atoms with Gasteiger partial charge in [0.05, 0.1) is 35.0 Å². The van der Waals surface area contributed by atoms with Gasteiger partial charge < -0.3 is 20.1 Å². The van der Waals surface area contributed by atoms with Gasteiger partial charge in [-0.3, -0.25) is 4.79 Å². The third-order valence-corrected chi connectivity index (χ3v) is 5.25. The topological polar surface area (TPSA) is 90.3 Å². The average molecular weight is 446 g/mol. The van der Waals surface area contributed by atoms with Crippen molar-refractivity contribution in [3.05, 3.63) is 46.7 Å². The summed E-state index contributed by atoms with van der Waals surface area (Å²) >= 11 is 6.25. The number of ether oxygens (including phenoxy) is 2. The predicted molar refractivity (Wildman–Crippen MR) is 122 cm³/mol. The fraction of sp³-hybridized carbons (Fsp3) is 0.409. The lowest BCUT2D eigenvalue weighted by Gasteiger charge is -2.14. The molecule has 0 aliphatic carbocycles. The molecule has 8 nitrogen and oxygen atoms in total. The number of carbonyl (C=O) groups is 1. The summed E-state index contributed by atoms with van der Waals surface area (Å²) in [6, 6.07) is 5.60. The molecule has 0 atom stereocenters. The highest BCUT2D eigenvalue weighted by Gasteiger charge is 2.18. The molecule has 0 unspecified atom stereocenters. The number of nitrogens with one attached hydrogen (secondary N) is 2. The number of anilines is 1. The number of fused-ring (bicyclic) bond motifs is 1. The first-order chi connectivity index (χ1) is 15.1. The van der Waals surface area contributed by atoms with Crippen molar-refractivity contribution in [3.63, 3.8) is 0 Å². The number of methoxy groups -OCH3 is 2. The molecule has 3 rings (SSSR count). The first kappa shape index (κ1) is 22.8. The van der Waals surface area contributed by atoms with E-state index in [0.717, 1.165) is 29.4 Å². The van der Waals surface area contributed by atoms with Gasteiger partial charge in [0.1, 0.15) is 5.75 Å². The van der Waals surface area contributed by atoms with Gasteiger partial charge in [0.15, 0.2) is 5.65 Å². The highest BCUT2D eigenvalue weighted by molar-refractivity contribution is 6.32. The molecule has 31 heavy (non-hydrogen) atoms. The van der Waals surface area contributed by atoms with Gasteiger partial charge in [0, 0.05) is 39.5 Å². The van der Waals surface area contributed by atoms with E-state index in [9.17, 15) is 4.79 Å². The zero-order chi connectivity index (χ0) is 22.2. The molecule has 0 bridgehead atoms. The minimum absolute atomic E-state index is 0.175. The Labute approximate surface area is 186 Å². The average Bonchev–Trinajstić information content (AvgIpc) is 3.20. The number of pyridine rings is 1. The molecule has 2 aromatic heterocycles. The summed E-state index contributed by atoms with van der Waals surface area (Å²) in [6.07, 6.45) is 5.07. The summed E-state index contributed by atoms with van der Waals surface area (Å²) < 4.78 is 12.1. The molecule has 1 aromatic carbocycles. The molecule has 2 heterocycles. The van der Waals surface area contributed by atoms with Gasteiger partial charge in [0.25, 0.3) is 5.91 Å². The van der Waals surface area contributed by atoms with E-state index in [1.807, 2.05) is 25.1 Å². The number of rotatable bonds is 11. The maximum Gasteiger partial charge on any atom is 0.254 e. The molecule has 0 fully saturated rings. The number of unbranched alkanes of at least 4 members (excludes halogenated alkanes) is 1. The minimum Gasteiger partial charge on any atom is -0.495 e. The fourth-order valence-corrected chi connectivity index (χ4v) is 3.58. The van der Waals surface area contributed by atoms with Crippen LogP contribution < -0.4 is 15.4 Å². The number of aryl methyl sites for hydroxylation is 1. The van der Waals surface area contributed by atoms with Crippen LogP contribution in [-0.4, -0.2) is 48.0 Å². The summed E-state index contributed by atoms with van der Waals surface area (Å²) in [7, 11) is 3.25. The van der Waals surface area contributed by atoms with Crippen LogP contribution in [0.15, 0.2) is 30.6 Å². The molecule has 0 radical (unpaired) electrons. The highest BCUT2D eigenvalue weighted by atomic mass is 35.5. The van der Waals surface area contributed by atoms with Crippen LogP contribution in [0.2, 0.25) is 5.02 Å². The lowest BCUT2D eigenvalue weighted by Crippen LogP contribution is -2.26. The normalized spacial score (nSPS) is 11.0. The molecular formula is C22H28ClN5O3. The summed E-state index contributed by atoms with van der Waals surface area (Å²) in [5.74, 6) is 0.445. The Bertz CT molecular complexity index is 1040. The SMILES string of the molecule is CCn1ncc2c(NCc3ccc(OC)c(Cl)c3)c(C(=O)NCCCCOC)cnc21. The van der Waals surface area contributed by atoms with Crippen LogP contribution >= 0.6 is 11.6 Å². The monoisotopic (exact) mass is 445 g/mol. The van der Waals surface area contributed by atoms with Crippen molar-refractivity contribution in [1.29, 1.82) is 0 Å². The first-order valence-corrected chi connectivity index (χ1v) is 10.6. The molecule has 0 saturated heterocycles. The number of halogens is 1. The molecular weight excluding hydrogens is 418 g/mol. The molecule has 3 aromatic rings. The lowest BCUT2D eigenvalue weighted by molar-refractivity contribution is 0.0952. The molecule has 0 aliphatic rings. The van der Waals surface area contributed by atoms with Crippen molar-refractivity contribution in [1.82, 2.24) is 20.1 Å². The Morgan fingerprint density at radius 2 is 2.06 bits per heavy atom. The maximum atomic E-state index is 12.9. The number of benzene rings is 1. The zero-order valence-corrected chi connectivity index (χ0v) is 18.8. The molecule has 0 saturated carbocycles. The predicted octanol–water partition coefficient (Wildman–Crippen LogP) is 3.88. The number of hydrogen-bond acceptors (Lipinski definition) is 6. The van der Waals surface area contributed by atoms with Crippen LogP contribution in [0.4, 0.5) is 5.69 Å². The molecule has 0 aliphatic heterocycles. The Balaban J connectivity index is 1.84. The van der Waals surface area contributed by atoms with E-state index in [1.165, 1.54) is 0 Å². The van der Waals surface area contributed by atoms with Crippen LogP contribution in [0.3, 0.4) is 0 Å². The molecule has 166 valence electrons. The quantitative estimate of drug-likeness (QED) is 0.435. The van der Waals surface area contributed by atoms with Crippen molar-refractivity contribution < 1.29 is 14.3 Å². The fourth-order valence-electron chi connectivity index (χ4n) is 3.30. The molecule has 1 amide bonds. The van der Waals surface area contributed by atoms with Gasteiger partial charge in [-0.1, -0.05) is 17.7 Å². The van der Waals surface area contributed by atoms with Gasteiger partial charge in [-0.05, 0) is 37.5 Å². The lowest BCUT2D eigenvalue weighted by atomic mass is 10.1. The van der Waals surface area contributed by atoms with E-state index >= 15 is 0 Å². The van der Waals surface area contributed by atoms with Crippen LogP contribution in [0.25, 0.3) is 11.0 Å². The third-order valence-electron chi connectivity index (χ3n) is 4.96. The van der Waals surface area contributed by atoms with E-state index in [4.69, 9.17) is 21.1 Å². The van der Waals surface area contributed by atoms with Crippen molar-refractivity contribution in [2.24, 2.45) is 0 Å². The standard InChI is InChI=1S/C22H28ClN5O3/c1-4-28-21-16(14-27-28)20(25-12-15-7-8-19(31-3)18(23)11-15)17(13-26-21)22(29)24-9-5-6-10-30-2/h7-8,11,13-14H,4-6,9-10,12H2,1-3H3,(H,24,29)(H,25,26). The van der Waals surface area contributed by atoms with Gasteiger partial charge in [-0.15, -0.1) is 0 Å². The van der Waals surface area contributed by atoms with E-state index in [-0.39, 0.29) is 5.91 Å².